The molecular weight excluding hydrogens is 432 g/mol. The second kappa shape index (κ2) is 9.12. The van der Waals surface area contributed by atoms with E-state index in [0.717, 1.165) is 36.4 Å². The van der Waals surface area contributed by atoms with E-state index in [4.69, 9.17) is 15.2 Å². The van der Waals surface area contributed by atoms with Gasteiger partial charge >= 0.3 is 11.6 Å². The lowest BCUT2D eigenvalue weighted by Gasteiger charge is -2.33. The quantitative estimate of drug-likeness (QED) is 0.421. The van der Waals surface area contributed by atoms with Crippen LogP contribution in [-0.2, 0) is 12.0 Å². The van der Waals surface area contributed by atoms with E-state index in [1.807, 2.05) is 25.2 Å². The Bertz CT molecular complexity index is 1210. The van der Waals surface area contributed by atoms with Gasteiger partial charge < -0.3 is 20.1 Å². The van der Waals surface area contributed by atoms with Crippen molar-refractivity contribution in [3.8, 4) is 11.6 Å². The van der Waals surface area contributed by atoms with E-state index >= 15 is 0 Å². The molecule has 0 atom stereocenters. The number of nitrogens with two attached hydrogens (primary N) is 1. The summed E-state index contributed by atoms with van der Waals surface area (Å²) in [5, 5.41) is 8.85. The van der Waals surface area contributed by atoms with Gasteiger partial charge in [0, 0.05) is 30.3 Å². The predicted octanol–water partition coefficient (Wildman–Crippen LogP) is 3.18. The van der Waals surface area contributed by atoms with E-state index < -0.39 is 0 Å². The third-order valence-electron chi connectivity index (χ3n) is 6.27. The maximum atomic E-state index is 13.4. The first kappa shape index (κ1) is 23.8. The van der Waals surface area contributed by atoms with Crippen molar-refractivity contribution in [3.63, 3.8) is 0 Å². The molecule has 3 aromatic rings. The standard InChI is InChI=1S/C25H35N6O3/c1-7-17(8-2)34-21-9-10-22-30(28-24(26)31(22)27-21)15-20(32)16-13-18(25(3,4)5)23-19(14-16)29(6)11-12-33-23/h9-10,13-14,17H,7-8,11-12,15H2,1-6H3,(H2,26,28)/q+1. The first-order chi connectivity index (χ1) is 16.1. The lowest BCUT2D eigenvalue weighted by atomic mass is 9.84. The zero-order valence-electron chi connectivity index (χ0n) is 21.0. The molecule has 0 spiro atoms. The maximum absolute atomic E-state index is 13.4. The van der Waals surface area contributed by atoms with Gasteiger partial charge in [0.05, 0.1) is 12.2 Å². The van der Waals surface area contributed by atoms with Gasteiger partial charge in [0.2, 0.25) is 5.78 Å². The molecular formula is C25H35N6O3+. The first-order valence-electron chi connectivity index (χ1n) is 11.9. The van der Waals surface area contributed by atoms with Gasteiger partial charge in [-0.05, 0) is 40.6 Å². The van der Waals surface area contributed by atoms with Crippen LogP contribution in [0.1, 0.15) is 63.4 Å². The average Bonchev–Trinajstić information content (AvgIpc) is 3.11. The molecule has 4 rings (SSSR count). The Labute approximate surface area is 200 Å². The van der Waals surface area contributed by atoms with Crippen molar-refractivity contribution in [2.24, 2.45) is 0 Å². The maximum Gasteiger partial charge on any atom is 0.355 e. The lowest BCUT2D eigenvalue weighted by molar-refractivity contribution is -0.714. The third-order valence-corrected chi connectivity index (χ3v) is 6.27. The molecule has 2 N–H and O–H groups in total. The van der Waals surface area contributed by atoms with Gasteiger partial charge in [-0.3, -0.25) is 4.79 Å². The normalized spacial score (nSPS) is 13.8. The number of nitrogen functional groups attached to an aromatic ring is 1. The van der Waals surface area contributed by atoms with Gasteiger partial charge in [0.1, 0.15) is 18.5 Å². The number of hydrogen-bond donors (Lipinski definition) is 1. The van der Waals surface area contributed by atoms with E-state index in [0.29, 0.717) is 23.7 Å². The second-order valence-corrected chi connectivity index (χ2v) is 9.83. The van der Waals surface area contributed by atoms with Gasteiger partial charge in [-0.25, -0.2) is 0 Å². The first-order valence-corrected chi connectivity index (χ1v) is 11.9. The molecule has 3 heterocycles. The van der Waals surface area contributed by atoms with Gasteiger partial charge in [0.15, 0.2) is 6.54 Å². The summed E-state index contributed by atoms with van der Waals surface area (Å²) in [5.41, 5.74) is 9.15. The Morgan fingerprint density at radius 2 is 2.00 bits per heavy atom. The van der Waals surface area contributed by atoms with E-state index in [9.17, 15) is 4.79 Å². The Hall–Kier alpha value is -3.36. The summed E-state index contributed by atoms with van der Waals surface area (Å²) in [6.07, 6.45) is 1.87. The lowest BCUT2D eigenvalue weighted by Crippen LogP contribution is -2.40. The van der Waals surface area contributed by atoms with Crippen molar-refractivity contribution in [2.75, 3.05) is 30.8 Å². The summed E-state index contributed by atoms with van der Waals surface area (Å²) < 4.78 is 15.0. The number of fused-ring (bicyclic) bond motifs is 2. The molecule has 182 valence electrons. The molecule has 0 fully saturated rings. The Kier molecular flexibility index (Phi) is 6.38. The van der Waals surface area contributed by atoms with E-state index in [2.05, 4.69) is 49.7 Å². The molecule has 9 nitrogen and oxygen atoms in total. The number of benzene rings is 1. The van der Waals surface area contributed by atoms with Crippen LogP contribution < -0.4 is 24.8 Å². The van der Waals surface area contributed by atoms with Crippen LogP contribution in [0.15, 0.2) is 24.3 Å². The van der Waals surface area contributed by atoms with Crippen molar-refractivity contribution in [1.82, 2.24) is 14.7 Å². The number of Topliss-reactive ketones (excluding diaryl/α,β-unsaturated/α-hetero) is 1. The van der Waals surface area contributed by atoms with E-state index in [1.54, 1.807) is 10.7 Å². The largest absolute Gasteiger partial charge is 0.489 e. The number of ether oxygens (including phenoxy) is 2. The number of ketones is 1. The molecule has 0 amide bonds. The fourth-order valence-corrected chi connectivity index (χ4v) is 4.19. The number of aromatic nitrogens is 4. The zero-order valence-corrected chi connectivity index (χ0v) is 21.0. The summed E-state index contributed by atoms with van der Waals surface area (Å²) in [7, 11) is 2.02. The van der Waals surface area contributed by atoms with Crippen LogP contribution in [0.4, 0.5) is 11.6 Å². The second-order valence-electron chi connectivity index (χ2n) is 9.83. The van der Waals surface area contributed by atoms with E-state index in [-0.39, 0.29) is 29.8 Å². The molecule has 0 radical (unpaired) electrons. The smallest absolute Gasteiger partial charge is 0.355 e. The summed E-state index contributed by atoms with van der Waals surface area (Å²) in [6, 6.07) is 7.48. The number of likely N-dealkylation sites (N-methyl/N-ethyl adjacent to an activating group) is 1. The van der Waals surface area contributed by atoms with Crippen LogP contribution in [0.25, 0.3) is 5.65 Å². The fourth-order valence-electron chi connectivity index (χ4n) is 4.19. The minimum absolute atomic E-state index is 0.0437. The van der Waals surface area contributed by atoms with Gasteiger partial charge in [-0.15, -0.1) is 4.68 Å². The SMILES string of the molecule is CCC(CC)Oc1ccc2n(n1)c(N)n[n+]2CC(=O)c1cc2c(c(C(C)(C)C)c1)OCCN2C. The highest BCUT2D eigenvalue weighted by atomic mass is 16.5. The fraction of sp³-hybridized carbons (Fsp3) is 0.520. The molecule has 1 aliphatic heterocycles. The summed E-state index contributed by atoms with van der Waals surface area (Å²) >= 11 is 0. The van der Waals surface area contributed by atoms with Crippen molar-refractivity contribution < 1.29 is 19.0 Å². The summed E-state index contributed by atoms with van der Waals surface area (Å²) in [4.78, 5) is 15.5. The Balaban J connectivity index is 1.66. The molecule has 1 aromatic carbocycles. The van der Waals surface area contributed by atoms with Crippen LogP contribution in [0.5, 0.6) is 11.6 Å². The highest BCUT2D eigenvalue weighted by molar-refractivity contribution is 5.97. The topological polar surface area (TPSA) is 98.9 Å². The molecule has 34 heavy (non-hydrogen) atoms. The van der Waals surface area contributed by atoms with Crippen LogP contribution in [0.3, 0.4) is 0 Å². The molecule has 2 aromatic heterocycles. The van der Waals surface area contributed by atoms with E-state index in [1.165, 1.54) is 4.52 Å². The number of rotatable bonds is 7. The van der Waals surface area contributed by atoms with Gasteiger partial charge in [-0.2, -0.15) is 0 Å². The Morgan fingerprint density at radius 3 is 2.68 bits per heavy atom. The van der Waals surface area contributed by atoms with Crippen molar-refractivity contribution in [1.29, 1.82) is 0 Å². The molecule has 0 saturated carbocycles. The zero-order chi connectivity index (χ0) is 24.6. The minimum Gasteiger partial charge on any atom is -0.489 e. The summed E-state index contributed by atoms with van der Waals surface area (Å²) in [6.45, 7) is 12.0. The van der Waals surface area contributed by atoms with Crippen LogP contribution >= 0.6 is 0 Å². The average molecular weight is 468 g/mol. The van der Waals surface area contributed by atoms with Crippen molar-refractivity contribution in [2.45, 2.75) is 65.5 Å². The highest BCUT2D eigenvalue weighted by Crippen LogP contribution is 2.41. The molecule has 0 bridgehead atoms. The van der Waals surface area contributed by atoms with Crippen LogP contribution in [0, 0.1) is 0 Å². The number of nitrogens with zero attached hydrogens (tertiary/aromatic N) is 5. The number of carbonyl (C=O) groups excluding carboxylic acids is 1. The van der Waals surface area contributed by atoms with Crippen LogP contribution in [0.2, 0.25) is 0 Å². The third kappa shape index (κ3) is 4.51. The van der Waals surface area contributed by atoms with Crippen molar-refractivity contribution in [3.05, 3.63) is 35.4 Å². The number of anilines is 2. The minimum atomic E-state index is -0.174. The highest BCUT2D eigenvalue weighted by Gasteiger charge is 2.29. The Morgan fingerprint density at radius 1 is 1.26 bits per heavy atom. The van der Waals surface area contributed by atoms with Crippen LogP contribution in [-0.4, -0.2) is 46.8 Å². The van der Waals surface area contributed by atoms with Crippen molar-refractivity contribution >= 4 is 23.1 Å². The van der Waals surface area contributed by atoms with Gasteiger partial charge in [0.25, 0.3) is 5.88 Å². The monoisotopic (exact) mass is 467 g/mol. The number of hydrogen-bond acceptors (Lipinski definition) is 7. The van der Waals surface area contributed by atoms with Gasteiger partial charge in [-0.1, -0.05) is 39.1 Å². The molecule has 0 aliphatic carbocycles. The summed E-state index contributed by atoms with van der Waals surface area (Å²) in [5.74, 6) is 1.48. The molecule has 1 aliphatic rings. The molecule has 9 heteroatoms. The molecule has 0 saturated heterocycles. The number of carbonyl (C=O) groups is 1. The molecule has 0 unspecified atom stereocenters. The predicted molar refractivity (Wildman–Crippen MR) is 131 cm³/mol.